The summed E-state index contributed by atoms with van der Waals surface area (Å²) >= 11 is 0. The third kappa shape index (κ3) is 5.97. The maximum atomic E-state index is 12.1. The topological polar surface area (TPSA) is 97.3 Å². The predicted octanol–water partition coefficient (Wildman–Crippen LogP) is 2.26. The first-order valence-corrected chi connectivity index (χ1v) is 13.8. The number of carbonyl (C=O) groups excluding carboxylic acids is 1. The van der Waals surface area contributed by atoms with Crippen molar-refractivity contribution in [2.24, 2.45) is 0 Å². The van der Waals surface area contributed by atoms with Crippen LogP contribution in [0.1, 0.15) is 11.3 Å². The van der Waals surface area contributed by atoms with E-state index in [-0.39, 0.29) is 17.7 Å². The van der Waals surface area contributed by atoms with Crippen LogP contribution in [0.2, 0.25) is 0 Å². The van der Waals surface area contributed by atoms with Crippen LogP contribution in [0.4, 0.5) is 11.5 Å². The molecule has 1 atom stereocenters. The molecule has 10 heteroatoms. The number of anilines is 2. The molecule has 1 fully saturated rings. The number of rotatable bonds is 9. The third-order valence-electron chi connectivity index (χ3n) is 7.66. The molecule has 0 spiro atoms. The maximum Gasteiger partial charge on any atom is 0.318 e. The summed E-state index contributed by atoms with van der Waals surface area (Å²) in [7, 11) is 6.00. The molecule has 1 saturated heterocycles. The second-order valence-electron chi connectivity index (χ2n) is 10.7. The number of nitrogens with zero attached hydrogens (tertiary/aromatic N) is 6. The molecule has 0 saturated carbocycles. The molecule has 2 aliphatic heterocycles. The van der Waals surface area contributed by atoms with Gasteiger partial charge in [-0.05, 0) is 45.1 Å². The van der Waals surface area contributed by atoms with Gasteiger partial charge >= 0.3 is 6.01 Å². The zero-order valence-corrected chi connectivity index (χ0v) is 23.6. The minimum atomic E-state index is -0.0404. The van der Waals surface area contributed by atoms with Crippen molar-refractivity contribution in [2.45, 2.75) is 19.0 Å². The predicted molar refractivity (Wildman–Crippen MR) is 158 cm³/mol. The molecule has 5 rings (SSSR count). The maximum absolute atomic E-state index is 12.1. The Hall–Kier alpha value is -3.89. The number of hydrogen-bond acceptors (Lipinski definition) is 9. The summed E-state index contributed by atoms with van der Waals surface area (Å²) in [4.78, 5) is 30.4. The van der Waals surface area contributed by atoms with Crippen LogP contribution in [-0.2, 0) is 17.8 Å². The van der Waals surface area contributed by atoms with E-state index in [1.807, 2.05) is 50.3 Å². The Morgan fingerprint density at radius 3 is 2.65 bits per heavy atom. The van der Waals surface area contributed by atoms with Crippen LogP contribution < -0.4 is 19.9 Å². The SMILES string of the molecule is C=CC(=O)N1CCN(c2nc(OCC(CN(C)C)NC)nc3c2CCN(c2cc(O)cc4ccccc24)C3)CC1. The van der Waals surface area contributed by atoms with E-state index in [4.69, 9.17) is 14.7 Å². The second-order valence-corrected chi connectivity index (χ2v) is 10.7. The van der Waals surface area contributed by atoms with Crippen molar-refractivity contribution in [1.82, 2.24) is 25.1 Å². The lowest BCUT2D eigenvalue weighted by atomic mass is 10.0. The first kappa shape index (κ1) is 27.7. The van der Waals surface area contributed by atoms with Gasteiger partial charge in [-0.2, -0.15) is 9.97 Å². The van der Waals surface area contributed by atoms with Gasteiger partial charge in [-0.3, -0.25) is 4.79 Å². The first-order chi connectivity index (χ1) is 19.4. The fourth-order valence-corrected chi connectivity index (χ4v) is 5.57. The molecule has 2 aromatic carbocycles. The van der Waals surface area contributed by atoms with Crippen LogP contribution in [0.3, 0.4) is 0 Å². The molecule has 1 unspecified atom stereocenters. The molecule has 0 aliphatic carbocycles. The molecule has 3 aromatic rings. The molecule has 212 valence electrons. The Kier molecular flexibility index (Phi) is 8.37. The number of phenols is 1. The number of fused-ring (bicyclic) bond motifs is 2. The second kappa shape index (κ2) is 12.1. The van der Waals surface area contributed by atoms with E-state index in [9.17, 15) is 9.90 Å². The Balaban J connectivity index is 1.45. The van der Waals surface area contributed by atoms with E-state index in [1.54, 1.807) is 6.07 Å². The van der Waals surface area contributed by atoms with Crippen LogP contribution in [0.5, 0.6) is 11.8 Å². The van der Waals surface area contributed by atoms with Crippen LogP contribution in [-0.4, -0.2) is 104 Å². The normalized spacial score (nSPS) is 16.2. The molecular weight excluding hydrogens is 506 g/mol. The number of amides is 1. The Morgan fingerprint density at radius 2 is 1.93 bits per heavy atom. The molecule has 0 bridgehead atoms. The summed E-state index contributed by atoms with van der Waals surface area (Å²) in [6.07, 6.45) is 2.14. The van der Waals surface area contributed by atoms with E-state index in [0.717, 1.165) is 53.0 Å². The van der Waals surface area contributed by atoms with Gasteiger partial charge in [0.25, 0.3) is 0 Å². The van der Waals surface area contributed by atoms with Gasteiger partial charge in [0.2, 0.25) is 5.91 Å². The van der Waals surface area contributed by atoms with Gasteiger partial charge in [-0.25, -0.2) is 0 Å². The molecule has 10 nitrogen and oxygen atoms in total. The highest BCUT2D eigenvalue weighted by atomic mass is 16.5. The summed E-state index contributed by atoms with van der Waals surface area (Å²) in [5, 5.41) is 15.9. The molecule has 3 heterocycles. The third-order valence-corrected chi connectivity index (χ3v) is 7.66. The number of phenolic OH excluding ortho intramolecular Hbond substituents is 1. The smallest absolute Gasteiger partial charge is 0.318 e. The van der Waals surface area contributed by atoms with E-state index >= 15 is 0 Å². The molecule has 1 amide bonds. The van der Waals surface area contributed by atoms with Crippen molar-refractivity contribution in [1.29, 1.82) is 0 Å². The number of hydrogen-bond donors (Lipinski definition) is 2. The quantitative estimate of drug-likeness (QED) is 0.393. The molecular formula is C30H39N7O3. The standard InChI is InChI=1S/C30H39N7O3/c1-5-28(39)35-12-14-36(15-13-35)29-25-10-11-37(27-17-23(38)16-21-8-6-7-9-24(21)27)19-26(25)32-30(33-29)40-20-22(31-2)18-34(3)4/h5-9,16-17,22,31,38H,1,10-15,18-20H2,2-4H3. The largest absolute Gasteiger partial charge is 0.508 e. The zero-order chi connectivity index (χ0) is 28.2. The van der Waals surface area contributed by atoms with Gasteiger partial charge in [0, 0.05) is 62.0 Å². The number of likely N-dealkylation sites (N-methyl/N-ethyl adjacent to an activating group) is 2. The lowest BCUT2D eigenvalue weighted by Gasteiger charge is -2.38. The number of aromatic nitrogens is 2. The van der Waals surface area contributed by atoms with Gasteiger partial charge in [0.05, 0.1) is 18.3 Å². The highest BCUT2D eigenvalue weighted by molar-refractivity contribution is 5.95. The van der Waals surface area contributed by atoms with E-state index in [1.165, 1.54) is 6.08 Å². The molecule has 0 radical (unpaired) electrons. The van der Waals surface area contributed by atoms with Crippen LogP contribution in [0, 0.1) is 0 Å². The summed E-state index contributed by atoms with van der Waals surface area (Å²) in [5.74, 6) is 1.10. The van der Waals surface area contributed by atoms with Crippen LogP contribution >= 0.6 is 0 Å². The minimum absolute atomic E-state index is 0.0404. The van der Waals surface area contributed by atoms with Crippen molar-refractivity contribution in [3.8, 4) is 11.8 Å². The molecule has 2 N–H and O–H groups in total. The molecule has 1 aromatic heterocycles. The molecule has 2 aliphatic rings. The number of aromatic hydroxyl groups is 1. The van der Waals surface area contributed by atoms with E-state index < -0.39 is 0 Å². The highest BCUT2D eigenvalue weighted by Gasteiger charge is 2.29. The van der Waals surface area contributed by atoms with Crippen molar-refractivity contribution < 1.29 is 14.6 Å². The monoisotopic (exact) mass is 545 g/mol. The lowest BCUT2D eigenvalue weighted by molar-refractivity contribution is -0.126. The number of benzene rings is 2. The molecule has 40 heavy (non-hydrogen) atoms. The number of carbonyl (C=O) groups is 1. The fourth-order valence-electron chi connectivity index (χ4n) is 5.57. The van der Waals surface area contributed by atoms with Gasteiger partial charge in [0.1, 0.15) is 18.2 Å². The van der Waals surface area contributed by atoms with Crippen molar-refractivity contribution >= 4 is 28.2 Å². The summed E-state index contributed by atoms with van der Waals surface area (Å²) < 4.78 is 6.19. The Labute approximate surface area is 235 Å². The van der Waals surface area contributed by atoms with Gasteiger partial charge in [-0.1, -0.05) is 30.8 Å². The van der Waals surface area contributed by atoms with Crippen molar-refractivity contribution in [3.05, 3.63) is 60.3 Å². The van der Waals surface area contributed by atoms with Gasteiger partial charge < -0.3 is 34.8 Å². The first-order valence-electron chi connectivity index (χ1n) is 13.8. The average Bonchev–Trinajstić information content (AvgIpc) is 2.97. The van der Waals surface area contributed by atoms with Gasteiger partial charge in [-0.15, -0.1) is 0 Å². The Bertz CT molecular complexity index is 1370. The highest BCUT2D eigenvalue weighted by Crippen LogP contribution is 2.36. The fraction of sp³-hybridized carbons (Fsp3) is 0.433. The lowest BCUT2D eigenvalue weighted by Crippen LogP contribution is -2.49. The van der Waals surface area contributed by atoms with Crippen molar-refractivity contribution in [2.75, 3.05) is 76.8 Å². The summed E-state index contributed by atoms with van der Waals surface area (Å²) in [6.45, 7) is 8.85. The number of ether oxygens (including phenoxy) is 1. The van der Waals surface area contributed by atoms with Crippen molar-refractivity contribution in [3.63, 3.8) is 0 Å². The van der Waals surface area contributed by atoms with Gasteiger partial charge in [0.15, 0.2) is 0 Å². The summed E-state index contributed by atoms with van der Waals surface area (Å²) in [6, 6.07) is 12.2. The Morgan fingerprint density at radius 1 is 1.15 bits per heavy atom. The van der Waals surface area contributed by atoms with Crippen LogP contribution in [0.15, 0.2) is 49.1 Å². The average molecular weight is 546 g/mol. The number of piperazine rings is 1. The van der Waals surface area contributed by atoms with Crippen LogP contribution in [0.25, 0.3) is 10.8 Å². The van der Waals surface area contributed by atoms with E-state index in [2.05, 4.69) is 32.7 Å². The summed E-state index contributed by atoms with van der Waals surface area (Å²) in [5.41, 5.74) is 3.04. The zero-order valence-electron chi connectivity index (χ0n) is 23.6. The minimum Gasteiger partial charge on any atom is -0.508 e. The van der Waals surface area contributed by atoms with E-state index in [0.29, 0.717) is 45.3 Å². The number of nitrogens with one attached hydrogen (secondary N) is 1.